The molecule has 31 heavy (non-hydrogen) atoms. The normalized spacial score (nSPS) is 19.5. The zero-order chi connectivity index (χ0) is 22.1. The lowest BCUT2D eigenvalue weighted by molar-refractivity contribution is 0.175. The van der Waals surface area contributed by atoms with E-state index in [1.807, 2.05) is 20.8 Å². The van der Waals surface area contributed by atoms with Gasteiger partial charge in [-0.05, 0) is 51.5 Å². The Morgan fingerprint density at radius 2 is 2.10 bits per heavy atom. The molecule has 1 fully saturated rings. The number of aromatic nitrogens is 3. The minimum Gasteiger partial charge on any atom is -0.493 e. The van der Waals surface area contributed by atoms with Crippen molar-refractivity contribution < 1.29 is 9.90 Å². The first-order chi connectivity index (χ1) is 14.7. The first-order valence-electron chi connectivity index (χ1n) is 10.1. The number of carbonyl (C=O) groups is 1. The summed E-state index contributed by atoms with van der Waals surface area (Å²) in [5.74, 6) is -0.180. The molecule has 4 heterocycles. The number of fused-ring (bicyclic) bond motifs is 6. The lowest BCUT2D eigenvalue weighted by Gasteiger charge is -2.31. The van der Waals surface area contributed by atoms with Gasteiger partial charge in [-0.1, -0.05) is 0 Å². The minimum atomic E-state index is -0.388. The Kier molecular flexibility index (Phi) is 3.93. The lowest BCUT2D eigenvalue weighted by atomic mass is 10.1. The number of aromatic hydroxyl groups is 1. The van der Waals surface area contributed by atoms with Crippen LogP contribution >= 0.6 is 0 Å². The van der Waals surface area contributed by atoms with E-state index in [1.54, 1.807) is 39.9 Å². The van der Waals surface area contributed by atoms with Crippen LogP contribution in [-0.2, 0) is 0 Å². The number of hydrogen-bond acceptors (Lipinski definition) is 5. The summed E-state index contributed by atoms with van der Waals surface area (Å²) in [6, 6.07) is 8.07. The molecule has 9 heteroatoms. The molecule has 2 aromatic heterocycles. The van der Waals surface area contributed by atoms with Crippen molar-refractivity contribution in [1.82, 2.24) is 24.3 Å². The predicted molar refractivity (Wildman–Crippen MR) is 113 cm³/mol. The molecule has 158 valence electrons. The quantitative estimate of drug-likeness (QED) is 0.630. The molecule has 9 nitrogen and oxygen atoms in total. The lowest BCUT2D eigenvalue weighted by Crippen LogP contribution is -2.49. The van der Waals surface area contributed by atoms with E-state index in [9.17, 15) is 20.0 Å². The summed E-state index contributed by atoms with van der Waals surface area (Å²) in [6.45, 7) is 6.14. The van der Waals surface area contributed by atoms with E-state index < -0.39 is 0 Å². The van der Waals surface area contributed by atoms with Crippen LogP contribution in [0.25, 0.3) is 16.6 Å². The third kappa shape index (κ3) is 2.71. The van der Waals surface area contributed by atoms with Gasteiger partial charge >= 0.3 is 11.7 Å². The van der Waals surface area contributed by atoms with Crippen LogP contribution in [0.3, 0.4) is 0 Å². The van der Waals surface area contributed by atoms with E-state index in [4.69, 9.17) is 0 Å². The molecule has 0 aliphatic carbocycles. The van der Waals surface area contributed by atoms with Gasteiger partial charge in [0.05, 0.1) is 28.9 Å². The Hall–Kier alpha value is -3.80. The zero-order valence-corrected chi connectivity index (χ0v) is 17.5. The summed E-state index contributed by atoms with van der Waals surface area (Å²) < 4.78 is 2.85. The van der Waals surface area contributed by atoms with E-state index in [2.05, 4.69) is 16.4 Å². The molecule has 0 radical (unpaired) electrons. The van der Waals surface area contributed by atoms with Gasteiger partial charge in [-0.15, -0.1) is 0 Å². The van der Waals surface area contributed by atoms with Crippen molar-refractivity contribution >= 4 is 16.9 Å². The highest BCUT2D eigenvalue weighted by Gasteiger charge is 2.49. The predicted octanol–water partition coefficient (Wildman–Crippen LogP) is 2.57. The number of nitrogens with one attached hydrogen (secondary N) is 1. The molecule has 0 spiro atoms. The molecular weight excluding hydrogens is 396 g/mol. The number of nitrogens with zero attached hydrogens (tertiary/aromatic N) is 5. The summed E-state index contributed by atoms with van der Waals surface area (Å²) in [5, 5.41) is 24.1. The number of likely N-dealkylation sites (tertiary alicyclic amines) is 1. The topological polar surface area (TPSA) is 116 Å². The van der Waals surface area contributed by atoms with Gasteiger partial charge in [0.25, 0.3) is 0 Å². The monoisotopic (exact) mass is 418 g/mol. The van der Waals surface area contributed by atoms with E-state index in [0.717, 1.165) is 0 Å². The van der Waals surface area contributed by atoms with Crippen molar-refractivity contribution in [3.05, 3.63) is 52.2 Å². The number of carbonyl (C=O) groups excluding carboxylic acids is 1. The average molecular weight is 418 g/mol. The number of nitriles is 1. The Labute approximate surface area is 178 Å². The number of rotatable bonds is 1. The first kappa shape index (κ1) is 19.2. The molecule has 3 aromatic rings. The van der Waals surface area contributed by atoms with Crippen molar-refractivity contribution in [1.29, 1.82) is 5.26 Å². The maximum Gasteiger partial charge on any atom is 0.336 e. The molecule has 2 aliphatic rings. The summed E-state index contributed by atoms with van der Waals surface area (Å²) in [5.41, 5.74) is 1.02. The van der Waals surface area contributed by atoms with E-state index >= 15 is 0 Å². The summed E-state index contributed by atoms with van der Waals surface area (Å²) in [4.78, 5) is 32.1. The summed E-state index contributed by atoms with van der Waals surface area (Å²) in [6.07, 6.45) is 2.19. The largest absolute Gasteiger partial charge is 0.493 e. The molecule has 1 aromatic carbocycles. The molecular formula is C22H22N6O3. The Bertz CT molecular complexity index is 1340. The van der Waals surface area contributed by atoms with Crippen LogP contribution in [0.5, 0.6) is 5.88 Å². The van der Waals surface area contributed by atoms with Crippen molar-refractivity contribution in [2.45, 2.75) is 44.8 Å². The highest BCUT2D eigenvalue weighted by atomic mass is 16.3. The number of pyridine rings is 1. The van der Waals surface area contributed by atoms with Crippen LogP contribution < -0.4 is 11.0 Å². The zero-order valence-electron chi connectivity index (χ0n) is 17.5. The van der Waals surface area contributed by atoms with Crippen molar-refractivity contribution in [3.63, 3.8) is 0 Å². The molecule has 1 saturated heterocycles. The second-order valence-electron chi connectivity index (χ2n) is 9.08. The first-order valence-corrected chi connectivity index (χ1v) is 10.1. The third-order valence-electron chi connectivity index (χ3n) is 5.91. The SMILES string of the molecule is CC(C)(C)NC(=O)N1C[C@@H]2C[C@H]1c1c(O)n(-c3ccc(C#N)c4ncccc34)c(=O)n12. The summed E-state index contributed by atoms with van der Waals surface area (Å²) in [7, 11) is 0. The van der Waals surface area contributed by atoms with Gasteiger partial charge in [0.1, 0.15) is 11.8 Å². The minimum absolute atomic E-state index is 0.180. The van der Waals surface area contributed by atoms with Crippen LogP contribution in [0.4, 0.5) is 4.79 Å². The summed E-state index contributed by atoms with van der Waals surface area (Å²) >= 11 is 0. The number of hydrogen-bond donors (Lipinski definition) is 2. The van der Waals surface area contributed by atoms with Crippen LogP contribution in [0.1, 0.15) is 50.5 Å². The van der Waals surface area contributed by atoms with Crippen LogP contribution in [0.2, 0.25) is 0 Å². The smallest absolute Gasteiger partial charge is 0.336 e. The number of imidazole rings is 1. The van der Waals surface area contributed by atoms with E-state index in [1.165, 1.54) is 4.57 Å². The second kappa shape index (κ2) is 6.35. The highest BCUT2D eigenvalue weighted by Crippen LogP contribution is 2.48. The molecule has 2 amide bonds. The van der Waals surface area contributed by atoms with E-state index in [-0.39, 0.29) is 35.2 Å². The van der Waals surface area contributed by atoms with Crippen LogP contribution in [-0.4, -0.2) is 42.2 Å². The molecule has 0 saturated carbocycles. The number of urea groups is 1. The number of amides is 2. The maximum atomic E-state index is 13.3. The third-order valence-corrected chi connectivity index (χ3v) is 5.91. The van der Waals surface area contributed by atoms with Gasteiger partial charge in [0.15, 0.2) is 0 Å². The Balaban J connectivity index is 1.64. The van der Waals surface area contributed by atoms with Gasteiger partial charge in [-0.25, -0.2) is 14.2 Å². The molecule has 2 atom stereocenters. The van der Waals surface area contributed by atoms with Crippen molar-refractivity contribution in [2.75, 3.05) is 6.54 Å². The highest BCUT2D eigenvalue weighted by molar-refractivity contribution is 5.91. The Morgan fingerprint density at radius 3 is 2.81 bits per heavy atom. The van der Waals surface area contributed by atoms with Gasteiger partial charge < -0.3 is 15.3 Å². The standard InChI is InChI=1S/C22H22N6O3/c1-22(2,3)25-20(30)26-11-13-9-16(26)18-19(29)28(21(31)27(13)18)15-7-6-12(10-23)17-14(15)5-4-8-24-17/h4-8,13,16,29H,9,11H2,1-3H3,(H,25,30)/t13-,16-/m0/s1. The van der Waals surface area contributed by atoms with Crippen molar-refractivity contribution in [3.8, 4) is 17.6 Å². The van der Waals surface area contributed by atoms with Gasteiger partial charge in [0, 0.05) is 23.7 Å². The maximum absolute atomic E-state index is 13.3. The fourth-order valence-corrected chi connectivity index (χ4v) is 4.72. The van der Waals surface area contributed by atoms with Gasteiger partial charge in [0.2, 0.25) is 5.88 Å². The van der Waals surface area contributed by atoms with Crippen LogP contribution in [0, 0.1) is 11.3 Å². The fraction of sp³-hybridized carbons (Fsp3) is 0.364. The van der Waals surface area contributed by atoms with Gasteiger partial charge in [-0.2, -0.15) is 5.26 Å². The second-order valence-corrected chi connectivity index (χ2v) is 9.08. The number of benzene rings is 1. The van der Waals surface area contributed by atoms with Crippen molar-refractivity contribution in [2.24, 2.45) is 0 Å². The Morgan fingerprint density at radius 1 is 1.32 bits per heavy atom. The average Bonchev–Trinajstić information content (AvgIpc) is 3.38. The molecule has 2 bridgehead atoms. The van der Waals surface area contributed by atoms with E-state index in [0.29, 0.717) is 40.8 Å². The van der Waals surface area contributed by atoms with Crippen LogP contribution in [0.15, 0.2) is 35.3 Å². The molecule has 0 unspecified atom stereocenters. The molecule has 2 N–H and O–H groups in total. The molecule has 5 rings (SSSR count). The molecule has 2 aliphatic heterocycles. The van der Waals surface area contributed by atoms with Gasteiger partial charge in [-0.3, -0.25) is 9.55 Å². The fourth-order valence-electron chi connectivity index (χ4n) is 4.72.